The number of hydrogen-bond donors (Lipinski definition) is 1. The highest BCUT2D eigenvalue weighted by molar-refractivity contribution is 7.13. The first-order valence-electron chi connectivity index (χ1n) is 6.93. The zero-order valence-electron chi connectivity index (χ0n) is 12.5. The molecule has 4 nitrogen and oxygen atoms in total. The van der Waals surface area contributed by atoms with Gasteiger partial charge in [0.15, 0.2) is 0 Å². The summed E-state index contributed by atoms with van der Waals surface area (Å²) in [5.74, 6) is -0.161. The summed E-state index contributed by atoms with van der Waals surface area (Å²) in [5.41, 5.74) is 2.73. The van der Waals surface area contributed by atoms with Crippen molar-refractivity contribution in [2.45, 2.75) is 40.2 Å². The molecule has 1 aromatic heterocycles. The second-order valence-corrected chi connectivity index (χ2v) is 6.01. The number of aryl methyl sites for hydroxylation is 2. The van der Waals surface area contributed by atoms with E-state index < -0.39 is 5.97 Å². The molecule has 1 aromatic carbocycles. The molecule has 0 atom stereocenters. The van der Waals surface area contributed by atoms with Crippen molar-refractivity contribution < 1.29 is 14.6 Å². The molecule has 0 radical (unpaired) electrons. The summed E-state index contributed by atoms with van der Waals surface area (Å²) in [6.45, 7) is 6.25. The van der Waals surface area contributed by atoms with E-state index in [1.165, 1.54) is 11.3 Å². The molecule has 5 heteroatoms. The van der Waals surface area contributed by atoms with Crippen molar-refractivity contribution in [3.63, 3.8) is 0 Å². The first kappa shape index (κ1) is 15.5. The van der Waals surface area contributed by atoms with Gasteiger partial charge in [-0.05, 0) is 43.9 Å². The molecule has 0 unspecified atom stereocenters. The van der Waals surface area contributed by atoms with Crippen LogP contribution >= 0.6 is 11.3 Å². The minimum atomic E-state index is -0.936. The molecule has 1 heterocycles. The second kappa shape index (κ2) is 6.72. The number of carbonyl (C=O) groups is 1. The number of carboxylic acids is 1. The van der Waals surface area contributed by atoms with Gasteiger partial charge in [-0.15, -0.1) is 11.3 Å². The Labute approximate surface area is 128 Å². The SMILES string of the molecule is CCCc1nc(COc2cccc(C)c2C)c(C(=O)O)s1. The van der Waals surface area contributed by atoms with Crippen LogP contribution in [0.3, 0.4) is 0 Å². The molecular formula is C16H19NO3S. The summed E-state index contributed by atoms with van der Waals surface area (Å²) in [6.07, 6.45) is 1.75. The largest absolute Gasteiger partial charge is 0.487 e. The first-order valence-corrected chi connectivity index (χ1v) is 7.75. The molecule has 0 bridgehead atoms. The van der Waals surface area contributed by atoms with Crippen molar-refractivity contribution in [2.24, 2.45) is 0 Å². The number of benzene rings is 1. The minimum Gasteiger partial charge on any atom is -0.487 e. The highest BCUT2D eigenvalue weighted by atomic mass is 32.1. The van der Waals surface area contributed by atoms with Crippen LogP contribution in [-0.4, -0.2) is 16.1 Å². The van der Waals surface area contributed by atoms with Gasteiger partial charge < -0.3 is 9.84 Å². The lowest BCUT2D eigenvalue weighted by Gasteiger charge is -2.10. The molecule has 0 saturated carbocycles. The fourth-order valence-electron chi connectivity index (χ4n) is 2.01. The van der Waals surface area contributed by atoms with Gasteiger partial charge in [-0.1, -0.05) is 19.1 Å². The molecule has 2 aromatic rings. The van der Waals surface area contributed by atoms with Gasteiger partial charge in [0.1, 0.15) is 22.9 Å². The van der Waals surface area contributed by atoms with Crippen molar-refractivity contribution in [1.82, 2.24) is 4.98 Å². The molecule has 0 aliphatic carbocycles. The zero-order chi connectivity index (χ0) is 15.4. The van der Waals surface area contributed by atoms with E-state index in [0.29, 0.717) is 5.69 Å². The number of hydrogen-bond acceptors (Lipinski definition) is 4. The van der Waals surface area contributed by atoms with Gasteiger partial charge in [0, 0.05) is 0 Å². The lowest BCUT2D eigenvalue weighted by molar-refractivity contribution is 0.0699. The van der Waals surface area contributed by atoms with Crippen LogP contribution in [0.2, 0.25) is 0 Å². The van der Waals surface area contributed by atoms with Crippen LogP contribution in [0.25, 0.3) is 0 Å². The van der Waals surface area contributed by atoms with Gasteiger partial charge in [0.25, 0.3) is 0 Å². The summed E-state index contributed by atoms with van der Waals surface area (Å²) in [7, 11) is 0. The summed E-state index contributed by atoms with van der Waals surface area (Å²) in [6, 6.07) is 5.84. The number of carboxylic acid groups (broad SMARTS) is 1. The Bertz CT molecular complexity index is 649. The van der Waals surface area contributed by atoms with E-state index in [2.05, 4.69) is 4.98 Å². The lowest BCUT2D eigenvalue weighted by atomic mass is 10.1. The summed E-state index contributed by atoms with van der Waals surface area (Å²) in [5, 5.41) is 10.1. The van der Waals surface area contributed by atoms with E-state index in [-0.39, 0.29) is 11.5 Å². The van der Waals surface area contributed by atoms with Crippen LogP contribution in [-0.2, 0) is 13.0 Å². The minimum absolute atomic E-state index is 0.187. The van der Waals surface area contributed by atoms with E-state index in [1.54, 1.807) is 0 Å². The van der Waals surface area contributed by atoms with Gasteiger partial charge in [-0.2, -0.15) is 0 Å². The Balaban J connectivity index is 2.19. The molecule has 112 valence electrons. The molecule has 0 fully saturated rings. The summed E-state index contributed by atoms with van der Waals surface area (Å²) >= 11 is 1.24. The highest BCUT2D eigenvalue weighted by Crippen LogP contribution is 2.24. The van der Waals surface area contributed by atoms with Crippen molar-refractivity contribution in [3.8, 4) is 5.75 Å². The molecule has 21 heavy (non-hydrogen) atoms. The Hall–Kier alpha value is -1.88. The number of nitrogens with zero attached hydrogens (tertiary/aromatic N) is 1. The molecule has 0 aliphatic heterocycles. The van der Waals surface area contributed by atoms with Crippen LogP contribution < -0.4 is 4.74 Å². The number of rotatable bonds is 6. The van der Waals surface area contributed by atoms with Gasteiger partial charge in [0.05, 0.1) is 5.01 Å². The van der Waals surface area contributed by atoms with Crippen LogP contribution in [0.1, 0.15) is 44.8 Å². The first-order chi connectivity index (χ1) is 10.0. The maximum Gasteiger partial charge on any atom is 0.347 e. The van der Waals surface area contributed by atoms with Crippen LogP contribution in [0.15, 0.2) is 18.2 Å². The van der Waals surface area contributed by atoms with Gasteiger partial charge in [-0.3, -0.25) is 0 Å². The van der Waals surface area contributed by atoms with Crippen molar-refractivity contribution in [1.29, 1.82) is 0 Å². The molecule has 2 rings (SSSR count). The molecule has 0 aliphatic rings. The zero-order valence-corrected chi connectivity index (χ0v) is 13.3. The van der Waals surface area contributed by atoms with E-state index in [1.807, 2.05) is 39.0 Å². The van der Waals surface area contributed by atoms with Crippen LogP contribution in [0.5, 0.6) is 5.75 Å². The molecule has 0 amide bonds. The quantitative estimate of drug-likeness (QED) is 0.876. The lowest BCUT2D eigenvalue weighted by Crippen LogP contribution is -2.04. The van der Waals surface area contributed by atoms with Gasteiger partial charge in [-0.25, -0.2) is 9.78 Å². The van der Waals surface area contributed by atoms with E-state index in [9.17, 15) is 9.90 Å². The standard InChI is InChI=1S/C16H19NO3S/c1-4-6-14-17-12(15(21-14)16(18)19)9-20-13-8-5-7-10(2)11(13)3/h5,7-8H,4,6,9H2,1-3H3,(H,18,19). The third-order valence-corrected chi connectivity index (χ3v) is 4.46. The normalized spacial score (nSPS) is 10.6. The van der Waals surface area contributed by atoms with E-state index >= 15 is 0 Å². The predicted octanol–water partition coefficient (Wildman–Crippen LogP) is 3.99. The maximum atomic E-state index is 11.3. The highest BCUT2D eigenvalue weighted by Gasteiger charge is 2.17. The Kier molecular flexibility index (Phi) is 4.96. The number of thiazole rings is 1. The number of aromatic carboxylic acids is 1. The smallest absolute Gasteiger partial charge is 0.347 e. The predicted molar refractivity (Wildman–Crippen MR) is 83.3 cm³/mol. The van der Waals surface area contributed by atoms with Crippen molar-refractivity contribution in [2.75, 3.05) is 0 Å². The van der Waals surface area contributed by atoms with E-state index in [0.717, 1.165) is 34.7 Å². The maximum absolute atomic E-state index is 11.3. The third kappa shape index (κ3) is 3.61. The number of aromatic nitrogens is 1. The monoisotopic (exact) mass is 305 g/mol. The summed E-state index contributed by atoms with van der Waals surface area (Å²) < 4.78 is 5.77. The fourth-order valence-corrected chi connectivity index (χ4v) is 3.02. The van der Waals surface area contributed by atoms with Crippen LogP contribution in [0.4, 0.5) is 0 Å². The van der Waals surface area contributed by atoms with Crippen molar-refractivity contribution in [3.05, 3.63) is 44.9 Å². The molecule has 1 N–H and O–H groups in total. The summed E-state index contributed by atoms with van der Waals surface area (Å²) in [4.78, 5) is 16.0. The average Bonchev–Trinajstić information content (AvgIpc) is 2.84. The average molecular weight is 305 g/mol. The van der Waals surface area contributed by atoms with Crippen molar-refractivity contribution >= 4 is 17.3 Å². The van der Waals surface area contributed by atoms with Gasteiger partial charge >= 0.3 is 5.97 Å². The second-order valence-electron chi connectivity index (χ2n) is 4.93. The van der Waals surface area contributed by atoms with E-state index in [4.69, 9.17) is 4.74 Å². The molecule has 0 saturated heterocycles. The Morgan fingerprint density at radius 1 is 1.38 bits per heavy atom. The topological polar surface area (TPSA) is 59.4 Å². The molecule has 0 spiro atoms. The van der Waals surface area contributed by atoms with Gasteiger partial charge in [0.2, 0.25) is 0 Å². The molecular weight excluding hydrogens is 286 g/mol. The van der Waals surface area contributed by atoms with Crippen LogP contribution in [0, 0.1) is 13.8 Å². The Morgan fingerprint density at radius 3 is 2.81 bits per heavy atom. The number of ether oxygens (including phenoxy) is 1. The fraction of sp³-hybridized carbons (Fsp3) is 0.375. The Morgan fingerprint density at radius 2 is 2.14 bits per heavy atom. The third-order valence-electron chi connectivity index (χ3n) is 3.32.